The summed E-state index contributed by atoms with van der Waals surface area (Å²) in [7, 11) is 0. The van der Waals surface area contributed by atoms with Crippen LogP contribution < -0.4 is 5.73 Å². The van der Waals surface area contributed by atoms with E-state index >= 15 is 8.78 Å². The maximum Gasteiger partial charge on any atom is 0.323 e. The number of nitrogens with two attached hydrogens (primary N) is 1. The Hall–Kier alpha value is -3.51. The van der Waals surface area contributed by atoms with Crippen molar-refractivity contribution in [2.45, 2.75) is 94.2 Å². The van der Waals surface area contributed by atoms with Crippen molar-refractivity contribution in [2.75, 3.05) is 26.4 Å². The predicted octanol–water partition coefficient (Wildman–Crippen LogP) is -0.884. The summed E-state index contributed by atoms with van der Waals surface area (Å²) in [6, 6.07) is -1.78. The second kappa shape index (κ2) is 18.2. The number of fused-ring (bicyclic) bond motifs is 5. The van der Waals surface area contributed by atoms with E-state index in [9.17, 15) is 34.2 Å². The third-order valence-electron chi connectivity index (χ3n) is 11.3. The van der Waals surface area contributed by atoms with Crippen LogP contribution in [0.1, 0.15) is 52.4 Å². The van der Waals surface area contributed by atoms with Gasteiger partial charge in [0.15, 0.2) is 18.1 Å². The molecule has 0 heterocycles. The Morgan fingerprint density at radius 3 is 2.23 bits per heavy atom. The second-order valence-electron chi connectivity index (χ2n) is 14.6. The third-order valence-corrected chi connectivity index (χ3v) is 11.3. The molecule has 0 radical (unpaired) electrons. The topological polar surface area (TPSA) is 338 Å². The zero-order chi connectivity index (χ0) is 42.7. The number of rotatable bonds is 19. The molecule has 4 unspecified atom stereocenters. The first kappa shape index (κ1) is 46.2. The first-order valence-corrected chi connectivity index (χ1v) is 17.5. The van der Waals surface area contributed by atoms with Gasteiger partial charge in [-0.05, 0) is 56.3 Å². The van der Waals surface area contributed by atoms with Crippen LogP contribution in [-0.2, 0) is 52.7 Å². The zero-order valence-corrected chi connectivity index (χ0v) is 30.6. The fourth-order valence-electron chi connectivity index (χ4n) is 8.79. The van der Waals surface area contributed by atoms with Crippen molar-refractivity contribution in [2.24, 2.45) is 28.4 Å². The summed E-state index contributed by atoms with van der Waals surface area (Å²) in [4.78, 5) is 78.0. The van der Waals surface area contributed by atoms with Crippen LogP contribution in [0, 0.1) is 22.7 Å². The van der Waals surface area contributed by atoms with Gasteiger partial charge in [-0.3, -0.25) is 60.1 Å². The maximum absolute atomic E-state index is 17.7. The highest BCUT2D eigenvalue weighted by molar-refractivity contribution is 6.01. The molecule has 25 heteroatoms. The van der Waals surface area contributed by atoms with Crippen molar-refractivity contribution in [1.29, 1.82) is 0 Å². The Labute approximate surface area is 321 Å². The Morgan fingerprint density at radius 2 is 1.60 bits per heavy atom. The van der Waals surface area contributed by atoms with Gasteiger partial charge in [-0.15, -0.1) is 0 Å². The summed E-state index contributed by atoms with van der Waals surface area (Å²) < 4.78 is 49.2. The molecule has 3 saturated carbocycles. The van der Waals surface area contributed by atoms with Gasteiger partial charge in [-0.25, -0.2) is 18.5 Å². The molecule has 0 amide bonds. The van der Waals surface area contributed by atoms with E-state index in [0.717, 1.165) is 12.2 Å². The minimum Gasteiger partial charge on any atom is -0.462 e. The maximum atomic E-state index is 17.7. The van der Waals surface area contributed by atoms with Gasteiger partial charge in [-0.2, -0.15) is 0 Å². The van der Waals surface area contributed by atoms with E-state index < -0.39 is 169 Å². The lowest BCUT2D eigenvalue weighted by Gasteiger charge is -2.63. The molecule has 0 aromatic carbocycles. The van der Waals surface area contributed by atoms with Crippen LogP contribution in [0.15, 0.2) is 23.8 Å². The minimum atomic E-state index is -2.66. The van der Waals surface area contributed by atoms with Crippen LogP contribution in [0.2, 0.25) is 0 Å². The van der Waals surface area contributed by atoms with E-state index in [1.165, 1.54) is 19.9 Å². The SMILES string of the molecule is C[C@]12C=CC(=O)C=C1[C@@H](F)CC1C3C[C@@H](O)[C@](OC(=O)CCCON(O)O)(C(=O)COC(=O)CC(N)C(=O)OCC(CON(O)O)ON(O)O)[C@@]3(C)C[C@H](O)[C@@]12F. The van der Waals surface area contributed by atoms with Crippen molar-refractivity contribution in [3.63, 3.8) is 0 Å². The largest absolute Gasteiger partial charge is 0.462 e. The lowest BCUT2D eigenvalue weighted by atomic mass is 9.44. The number of Topliss-reactive ketones (excluding diaryl/α,β-unsaturated/α-hetero) is 1. The lowest BCUT2D eigenvalue weighted by molar-refractivity contribution is -0.527. The standard InChI is InChI=1S/C32H46F2N4O19/c1-29-6-5-16(39)8-20(29)21(33)9-19-18-10-23(40)32(30(18,2)12-24(41)31(19,29)34,56-26(43)4-3-7-54-36(46)47)25(42)15-52-27(44)11-22(35)28(45)53-13-17(57-38(50)51)14-55-37(48)49/h5-6,8,17-19,21-24,40-41,46-51H,3-4,7,9-15,35H2,1-2H3/t17?,18?,19?,21-,22?,23+,24-,29-,30-,31-,32-/m0/s1. The zero-order valence-electron chi connectivity index (χ0n) is 30.6. The molecular formula is C32H46F2N4O19. The van der Waals surface area contributed by atoms with Crippen molar-refractivity contribution < 1.29 is 103 Å². The quantitative estimate of drug-likeness (QED) is 0.0330. The fraction of sp³-hybridized carbons (Fsp3) is 0.719. The molecule has 4 aliphatic carbocycles. The number of aliphatic hydroxyl groups is 2. The van der Waals surface area contributed by atoms with Gasteiger partial charge in [0.1, 0.15) is 37.6 Å². The normalized spacial score (nSPS) is 34.3. The van der Waals surface area contributed by atoms with Gasteiger partial charge in [0.2, 0.25) is 11.4 Å². The summed E-state index contributed by atoms with van der Waals surface area (Å²) in [5.74, 6) is -8.17. The number of ether oxygens (including phenoxy) is 3. The van der Waals surface area contributed by atoms with E-state index in [1.807, 2.05) is 0 Å². The van der Waals surface area contributed by atoms with Gasteiger partial charge >= 0.3 is 17.9 Å². The highest BCUT2D eigenvalue weighted by Gasteiger charge is 2.79. The van der Waals surface area contributed by atoms with Gasteiger partial charge in [0.05, 0.1) is 35.3 Å². The first-order valence-electron chi connectivity index (χ1n) is 17.5. The average molecular weight is 829 g/mol. The number of carbonyl (C=O) groups excluding carboxylic acids is 5. The molecule has 0 saturated heterocycles. The third kappa shape index (κ3) is 9.22. The van der Waals surface area contributed by atoms with Crippen LogP contribution >= 0.6 is 0 Å². The first-order chi connectivity index (χ1) is 26.5. The van der Waals surface area contributed by atoms with E-state index in [0.29, 0.717) is 0 Å². The fourth-order valence-corrected chi connectivity index (χ4v) is 8.79. The summed E-state index contributed by atoms with van der Waals surface area (Å²) >= 11 is 0. The molecule has 11 atom stereocenters. The number of alkyl halides is 2. The van der Waals surface area contributed by atoms with Crippen LogP contribution in [0.3, 0.4) is 0 Å². The number of ketones is 2. The monoisotopic (exact) mass is 828 g/mol. The second-order valence-corrected chi connectivity index (χ2v) is 14.6. The number of aliphatic hydroxyl groups excluding tert-OH is 2. The molecule has 3 fully saturated rings. The lowest BCUT2D eigenvalue weighted by Crippen LogP contribution is -2.71. The van der Waals surface area contributed by atoms with Crippen molar-refractivity contribution in [3.8, 4) is 0 Å². The summed E-state index contributed by atoms with van der Waals surface area (Å²) in [6.07, 6.45) is -7.60. The van der Waals surface area contributed by atoms with E-state index in [1.54, 1.807) is 0 Å². The molecule has 0 aromatic heterocycles. The van der Waals surface area contributed by atoms with Crippen molar-refractivity contribution in [3.05, 3.63) is 23.8 Å². The number of halogens is 2. The Balaban J connectivity index is 1.56. The van der Waals surface area contributed by atoms with Gasteiger partial charge in [0, 0.05) is 23.2 Å². The summed E-state index contributed by atoms with van der Waals surface area (Å²) in [6.45, 7) is -0.673. The number of hydrogen-bond acceptors (Lipinski definition) is 23. The molecular weight excluding hydrogens is 782 g/mol. The Kier molecular flexibility index (Phi) is 14.7. The van der Waals surface area contributed by atoms with E-state index in [4.69, 9.17) is 51.2 Å². The number of hydrogen-bond donors (Lipinski definition) is 9. The van der Waals surface area contributed by atoms with Crippen molar-refractivity contribution in [1.82, 2.24) is 16.2 Å². The number of carbonyl (C=O) groups is 5. The summed E-state index contributed by atoms with van der Waals surface area (Å²) in [5, 5.41) is 73.7. The highest BCUT2D eigenvalue weighted by Crippen LogP contribution is 2.70. The smallest absolute Gasteiger partial charge is 0.323 e. The van der Waals surface area contributed by atoms with Crippen LogP contribution in [0.5, 0.6) is 0 Å². The number of esters is 3. The van der Waals surface area contributed by atoms with E-state index in [2.05, 4.69) is 14.5 Å². The molecule has 4 rings (SSSR count). The number of allylic oxidation sites excluding steroid dienone is 4. The van der Waals surface area contributed by atoms with Crippen molar-refractivity contribution >= 4 is 29.5 Å². The van der Waals surface area contributed by atoms with Gasteiger partial charge in [0.25, 0.3) is 0 Å². The molecule has 0 bridgehead atoms. The van der Waals surface area contributed by atoms with Crippen LogP contribution in [-0.4, -0.2) is 155 Å². The highest BCUT2D eigenvalue weighted by atomic mass is 19.1. The molecule has 57 heavy (non-hydrogen) atoms. The van der Waals surface area contributed by atoms with Crippen LogP contribution in [0.4, 0.5) is 8.78 Å². The molecule has 4 aliphatic rings. The molecule has 10 N–H and O–H groups in total. The van der Waals surface area contributed by atoms with Gasteiger partial charge in [-0.1, -0.05) is 13.0 Å². The minimum absolute atomic E-state index is 0.187. The average Bonchev–Trinajstić information content (AvgIpc) is 3.33. The molecule has 0 spiro atoms. The molecule has 0 aliphatic heterocycles. The molecule has 23 nitrogen and oxygen atoms in total. The predicted molar refractivity (Wildman–Crippen MR) is 171 cm³/mol. The van der Waals surface area contributed by atoms with E-state index in [-0.39, 0.29) is 12.0 Å². The van der Waals surface area contributed by atoms with Gasteiger partial charge < -0.3 is 30.2 Å². The Morgan fingerprint density at radius 1 is 0.930 bits per heavy atom. The van der Waals surface area contributed by atoms with Crippen LogP contribution in [0.25, 0.3) is 0 Å². The summed E-state index contributed by atoms with van der Waals surface area (Å²) in [5.41, 5.74) is -3.47. The number of nitrogens with zero attached hydrogens (tertiary/aromatic N) is 3. The molecule has 322 valence electrons. The molecule has 0 aromatic rings. The Bertz CT molecular complexity index is 1590.